The van der Waals surface area contributed by atoms with Gasteiger partial charge in [0.25, 0.3) is 10.2 Å². The van der Waals surface area contributed by atoms with Gasteiger partial charge in [-0.3, -0.25) is 4.90 Å². The quantitative estimate of drug-likeness (QED) is 0.530. The van der Waals surface area contributed by atoms with Crippen molar-refractivity contribution in [2.24, 2.45) is 10.9 Å². The third-order valence-corrected chi connectivity index (χ3v) is 3.09. The van der Waals surface area contributed by atoms with Crippen molar-refractivity contribution in [2.45, 2.75) is 18.9 Å². The van der Waals surface area contributed by atoms with Crippen molar-refractivity contribution in [1.29, 1.82) is 0 Å². The van der Waals surface area contributed by atoms with Crippen LogP contribution in [0, 0.1) is 0 Å². The van der Waals surface area contributed by atoms with E-state index in [1.165, 1.54) is 0 Å². The van der Waals surface area contributed by atoms with E-state index in [-0.39, 0.29) is 6.04 Å². The Morgan fingerprint density at radius 3 is 2.40 bits per heavy atom. The summed E-state index contributed by atoms with van der Waals surface area (Å²) in [5.74, 6) is 0. The fraction of sp³-hybridized carbons (Fsp3) is 0.857. The number of piperidine rings is 1. The van der Waals surface area contributed by atoms with Gasteiger partial charge in [0.15, 0.2) is 0 Å². The van der Waals surface area contributed by atoms with Gasteiger partial charge in [0, 0.05) is 25.7 Å². The molecule has 88 valence electrons. The Bertz CT molecular complexity index is 322. The minimum Gasteiger partial charge on any atom is -0.392 e. The van der Waals surface area contributed by atoms with Gasteiger partial charge >= 0.3 is 0 Å². The number of nitrogens with two attached hydrogens (primary N) is 2. The molecule has 0 bridgehead atoms. The van der Waals surface area contributed by atoms with Crippen LogP contribution in [-0.4, -0.2) is 44.0 Å². The molecule has 0 unspecified atom stereocenters. The number of likely N-dealkylation sites (tertiary alicyclic amines) is 1. The average molecular weight is 252 g/mol. The molecule has 0 aromatic heterocycles. The molecule has 0 atom stereocenters. The lowest BCUT2D eigenvalue weighted by Crippen LogP contribution is -2.48. The van der Waals surface area contributed by atoms with Gasteiger partial charge in [-0.1, -0.05) is 12.2 Å². The number of nitrogens with one attached hydrogen (secondary N) is 1. The third kappa shape index (κ3) is 5.38. The molecule has 1 heterocycles. The second kappa shape index (κ2) is 5.17. The van der Waals surface area contributed by atoms with Gasteiger partial charge in [-0.2, -0.15) is 13.1 Å². The van der Waals surface area contributed by atoms with E-state index in [2.05, 4.69) is 9.62 Å². The summed E-state index contributed by atoms with van der Waals surface area (Å²) in [6.45, 7) is 2.16. The van der Waals surface area contributed by atoms with Gasteiger partial charge in [-0.05, 0) is 12.8 Å². The van der Waals surface area contributed by atoms with Crippen molar-refractivity contribution >= 4 is 27.4 Å². The largest absolute Gasteiger partial charge is 0.392 e. The Hall–Kier alpha value is -0.280. The van der Waals surface area contributed by atoms with Crippen molar-refractivity contribution in [3.63, 3.8) is 0 Å². The maximum Gasteiger partial charge on any atom is 0.274 e. The fourth-order valence-corrected chi connectivity index (χ4v) is 2.54. The van der Waals surface area contributed by atoms with E-state index >= 15 is 0 Å². The molecule has 1 fully saturated rings. The smallest absolute Gasteiger partial charge is 0.274 e. The normalized spacial score (nSPS) is 20.3. The maximum atomic E-state index is 10.8. The first-order valence-electron chi connectivity index (χ1n) is 4.67. The molecule has 0 spiro atoms. The standard InChI is InChI=1S/C7H16N4O2S2/c8-7(14)5-11-3-1-6(2-4-11)10-15(9,12)13/h6,10H,1-5H2,(H2,8,14)(H2,9,12,13). The van der Waals surface area contributed by atoms with E-state index in [1.807, 2.05) is 0 Å². The molecular formula is C7H16N4O2S2. The van der Waals surface area contributed by atoms with Gasteiger partial charge in [0.1, 0.15) is 0 Å². The summed E-state index contributed by atoms with van der Waals surface area (Å²) in [6.07, 6.45) is 1.47. The predicted molar refractivity (Wildman–Crippen MR) is 62.5 cm³/mol. The van der Waals surface area contributed by atoms with Crippen molar-refractivity contribution in [1.82, 2.24) is 9.62 Å². The van der Waals surface area contributed by atoms with Crippen LogP contribution in [0.5, 0.6) is 0 Å². The topological polar surface area (TPSA) is 101 Å². The summed E-state index contributed by atoms with van der Waals surface area (Å²) in [4.78, 5) is 2.57. The van der Waals surface area contributed by atoms with E-state index in [9.17, 15) is 8.42 Å². The van der Waals surface area contributed by atoms with E-state index in [0.717, 1.165) is 25.9 Å². The van der Waals surface area contributed by atoms with Crippen LogP contribution in [0.2, 0.25) is 0 Å². The molecule has 1 saturated heterocycles. The number of nitrogens with zero attached hydrogens (tertiary/aromatic N) is 1. The SMILES string of the molecule is NC(=S)CN1CCC(NS(N)(=O)=O)CC1. The lowest BCUT2D eigenvalue weighted by molar-refractivity contribution is 0.233. The van der Waals surface area contributed by atoms with Gasteiger partial charge in [0.05, 0.1) is 4.99 Å². The van der Waals surface area contributed by atoms with Crippen molar-refractivity contribution in [3.05, 3.63) is 0 Å². The molecule has 5 N–H and O–H groups in total. The number of rotatable bonds is 4. The molecule has 8 heteroatoms. The Kier molecular flexibility index (Phi) is 4.41. The first kappa shape index (κ1) is 12.8. The van der Waals surface area contributed by atoms with E-state index in [1.54, 1.807) is 0 Å². The summed E-state index contributed by atoms with van der Waals surface area (Å²) in [6, 6.07) is -0.0670. The van der Waals surface area contributed by atoms with Crippen LogP contribution >= 0.6 is 12.2 Å². The maximum absolute atomic E-state index is 10.8. The molecule has 1 aliphatic rings. The van der Waals surface area contributed by atoms with E-state index in [4.69, 9.17) is 23.1 Å². The zero-order valence-corrected chi connectivity index (χ0v) is 9.98. The summed E-state index contributed by atoms with van der Waals surface area (Å²) in [5.41, 5.74) is 5.42. The molecule has 6 nitrogen and oxygen atoms in total. The molecule has 0 radical (unpaired) electrons. The average Bonchev–Trinajstić information content (AvgIpc) is 2.05. The predicted octanol–water partition coefficient (Wildman–Crippen LogP) is -1.47. The second-order valence-electron chi connectivity index (χ2n) is 3.68. The number of hydrogen-bond acceptors (Lipinski definition) is 4. The van der Waals surface area contributed by atoms with E-state index in [0.29, 0.717) is 11.5 Å². The lowest BCUT2D eigenvalue weighted by atomic mass is 10.1. The van der Waals surface area contributed by atoms with Crippen LogP contribution in [0.1, 0.15) is 12.8 Å². The number of hydrogen-bond donors (Lipinski definition) is 3. The molecule has 0 aromatic rings. The van der Waals surface area contributed by atoms with Crippen LogP contribution in [0.4, 0.5) is 0 Å². The Morgan fingerprint density at radius 1 is 1.47 bits per heavy atom. The van der Waals surface area contributed by atoms with Crippen LogP contribution in [0.3, 0.4) is 0 Å². The third-order valence-electron chi connectivity index (χ3n) is 2.30. The van der Waals surface area contributed by atoms with Crippen LogP contribution in [0.15, 0.2) is 0 Å². The minimum atomic E-state index is -3.58. The summed E-state index contributed by atoms with van der Waals surface area (Å²) in [7, 11) is -3.58. The summed E-state index contributed by atoms with van der Waals surface area (Å²) in [5, 5.41) is 4.89. The highest BCUT2D eigenvalue weighted by molar-refractivity contribution is 7.87. The van der Waals surface area contributed by atoms with Crippen molar-refractivity contribution in [3.8, 4) is 0 Å². The molecule has 1 aliphatic heterocycles. The highest BCUT2D eigenvalue weighted by Gasteiger charge is 2.21. The number of thiocarbonyl (C=S) groups is 1. The van der Waals surface area contributed by atoms with Crippen molar-refractivity contribution in [2.75, 3.05) is 19.6 Å². The van der Waals surface area contributed by atoms with Crippen molar-refractivity contribution < 1.29 is 8.42 Å². The highest BCUT2D eigenvalue weighted by atomic mass is 32.2. The van der Waals surface area contributed by atoms with Gasteiger partial charge in [-0.25, -0.2) is 5.14 Å². The van der Waals surface area contributed by atoms with Gasteiger partial charge < -0.3 is 5.73 Å². The molecule has 0 aromatic carbocycles. The summed E-state index contributed by atoms with van der Waals surface area (Å²) >= 11 is 4.80. The van der Waals surface area contributed by atoms with Gasteiger partial charge in [0.2, 0.25) is 0 Å². The Balaban J connectivity index is 2.33. The molecule has 0 aliphatic carbocycles. The van der Waals surface area contributed by atoms with Crippen LogP contribution < -0.4 is 15.6 Å². The molecular weight excluding hydrogens is 236 g/mol. The van der Waals surface area contributed by atoms with Crippen LogP contribution in [0.25, 0.3) is 0 Å². The fourth-order valence-electron chi connectivity index (χ4n) is 1.66. The lowest BCUT2D eigenvalue weighted by Gasteiger charge is -2.31. The molecule has 1 rings (SSSR count). The molecule has 0 saturated carbocycles. The van der Waals surface area contributed by atoms with Gasteiger partial charge in [-0.15, -0.1) is 0 Å². The zero-order chi connectivity index (χ0) is 11.5. The zero-order valence-electron chi connectivity index (χ0n) is 8.35. The Morgan fingerprint density at radius 2 is 2.00 bits per heavy atom. The van der Waals surface area contributed by atoms with E-state index < -0.39 is 10.2 Å². The second-order valence-corrected chi connectivity index (χ2v) is 5.53. The minimum absolute atomic E-state index is 0.0670. The highest BCUT2D eigenvalue weighted by Crippen LogP contribution is 2.10. The first-order valence-corrected chi connectivity index (χ1v) is 6.63. The van der Waals surface area contributed by atoms with Crippen LogP contribution in [-0.2, 0) is 10.2 Å². The Labute approximate surface area is 95.2 Å². The molecule has 15 heavy (non-hydrogen) atoms. The monoisotopic (exact) mass is 252 g/mol. The summed E-state index contributed by atoms with van der Waals surface area (Å²) < 4.78 is 23.9. The molecule has 0 amide bonds. The first-order chi connectivity index (χ1) is 6.87.